The fraction of sp³-hybridized carbons (Fsp3) is 0.435. The monoisotopic (exact) mass is 440 g/mol. The molecule has 3 aromatic rings. The highest BCUT2D eigenvalue weighted by molar-refractivity contribution is 6.13. The number of anilines is 1. The van der Waals surface area contributed by atoms with Gasteiger partial charge in [0.1, 0.15) is 28.7 Å². The highest BCUT2D eigenvalue weighted by Crippen LogP contribution is 2.40. The molecule has 2 aromatic heterocycles. The number of nitrogens with one attached hydrogen (secondary N) is 3. The number of esters is 1. The van der Waals surface area contributed by atoms with Gasteiger partial charge in [-0.15, -0.1) is 0 Å². The number of hydrogen-bond acceptors (Lipinski definition) is 7. The molecule has 9 heteroatoms. The van der Waals surface area contributed by atoms with Crippen LogP contribution in [0.3, 0.4) is 0 Å². The smallest absolute Gasteiger partial charge is 0.342 e. The Morgan fingerprint density at radius 2 is 2.06 bits per heavy atom. The third-order valence-electron chi connectivity index (χ3n) is 5.79. The Bertz CT molecular complexity index is 1140. The predicted octanol–water partition coefficient (Wildman–Crippen LogP) is 4.44. The second-order valence-electron chi connectivity index (χ2n) is 7.82. The van der Waals surface area contributed by atoms with Gasteiger partial charge >= 0.3 is 5.97 Å². The van der Waals surface area contributed by atoms with E-state index in [1.54, 1.807) is 14.0 Å². The lowest BCUT2D eigenvalue weighted by Crippen LogP contribution is -2.28. The topological polar surface area (TPSA) is 122 Å². The standard InChI is InChI=1S/C23H28N4O5/c1-5-31-23(28)20-15-11-18(29-4)16(19-12(2)27-32-13(19)3)10-17(15)25-22(20)26-21(24)14-6-8-30-9-7-14/h10-11,14,25H,5-9H2,1-4H3,(H2,24,26). The molecule has 0 atom stereocenters. The van der Waals surface area contributed by atoms with Crippen molar-refractivity contribution in [1.29, 1.82) is 5.41 Å². The maximum atomic E-state index is 12.9. The quantitative estimate of drug-likeness (QED) is 0.294. The second kappa shape index (κ2) is 9.04. The van der Waals surface area contributed by atoms with Crippen LogP contribution in [0.25, 0.3) is 22.0 Å². The molecule has 0 radical (unpaired) electrons. The van der Waals surface area contributed by atoms with Crippen molar-refractivity contribution in [1.82, 2.24) is 10.1 Å². The molecular formula is C23H28N4O5. The Labute approximate surface area is 185 Å². The van der Waals surface area contributed by atoms with Crippen molar-refractivity contribution in [2.45, 2.75) is 33.6 Å². The molecule has 4 rings (SSSR count). The van der Waals surface area contributed by atoms with Crippen molar-refractivity contribution in [2.24, 2.45) is 5.92 Å². The normalized spacial score (nSPS) is 14.5. The molecule has 1 saturated heterocycles. The Balaban J connectivity index is 1.83. The molecule has 3 N–H and O–H groups in total. The minimum absolute atomic E-state index is 0.0533. The van der Waals surface area contributed by atoms with Crippen LogP contribution < -0.4 is 10.1 Å². The van der Waals surface area contributed by atoms with Gasteiger partial charge in [0.15, 0.2) is 0 Å². The number of ether oxygens (including phenoxy) is 3. The lowest BCUT2D eigenvalue weighted by atomic mass is 9.98. The summed E-state index contributed by atoms with van der Waals surface area (Å²) >= 11 is 0. The van der Waals surface area contributed by atoms with E-state index >= 15 is 0 Å². The Morgan fingerprint density at radius 1 is 1.31 bits per heavy atom. The highest BCUT2D eigenvalue weighted by atomic mass is 16.5. The third-order valence-corrected chi connectivity index (χ3v) is 5.79. The van der Waals surface area contributed by atoms with Crippen LogP contribution in [0.4, 0.5) is 5.82 Å². The first-order chi connectivity index (χ1) is 15.4. The lowest BCUT2D eigenvalue weighted by molar-refractivity contribution is 0.0530. The number of carbonyl (C=O) groups excluding carboxylic acids is 1. The van der Waals surface area contributed by atoms with Crippen molar-refractivity contribution in [3.05, 3.63) is 29.2 Å². The summed E-state index contributed by atoms with van der Waals surface area (Å²) in [7, 11) is 1.58. The molecule has 0 saturated carbocycles. The lowest BCUT2D eigenvalue weighted by Gasteiger charge is -2.23. The average Bonchev–Trinajstić information content (AvgIpc) is 3.31. The van der Waals surface area contributed by atoms with E-state index in [4.69, 9.17) is 24.1 Å². The van der Waals surface area contributed by atoms with Crippen molar-refractivity contribution >= 4 is 28.5 Å². The molecule has 0 spiro atoms. The molecule has 1 aliphatic rings. The first-order valence-corrected chi connectivity index (χ1v) is 10.7. The Morgan fingerprint density at radius 3 is 2.69 bits per heavy atom. The van der Waals surface area contributed by atoms with Crippen molar-refractivity contribution in [3.8, 4) is 16.9 Å². The number of benzene rings is 1. The van der Waals surface area contributed by atoms with E-state index in [1.165, 1.54) is 0 Å². The molecule has 1 aliphatic heterocycles. The Hall–Kier alpha value is -3.33. The fourth-order valence-electron chi connectivity index (χ4n) is 4.19. The first kappa shape index (κ1) is 21.9. The summed E-state index contributed by atoms with van der Waals surface area (Å²) in [6.45, 7) is 6.99. The number of methoxy groups -OCH3 is 1. The number of aryl methyl sites for hydroxylation is 2. The van der Waals surface area contributed by atoms with Crippen LogP contribution in [0.1, 0.15) is 41.6 Å². The van der Waals surface area contributed by atoms with Gasteiger partial charge in [-0.25, -0.2) is 4.79 Å². The Kier molecular flexibility index (Phi) is 6.18. The van der Waals surface area contributed by atoms with E-state index in [1.807, 2.05) is 26.0 Å². The summed E-state index contributed by atoms with van der Waals surface area (Å²) < 4.78 is 21.7. The maximum Gasteiger partial charge on any atom is 0.342 e. The number of carbonyl (C=O) groups is 1. The van der Waals surface area contributed by atoms with Crippen LogP contribution in [0.2, 0.25) is 0 Å². The van der Waals surface area contributed by atoms with Crippen LogP contribution in [-0.2, 0) is 9.47 Å². The zero-order chi connectivity index (χ0) is 22.8. The van der Waals surface area contributed by atoms with Crippen LogP contribution >= 0.6 is 0 Å². The van der Waals surface area contributed by atoms with E-state index in [-0.39, 0.29) is 12.5 Å². The minimum Gasteiger partial charge on any atom is -0.496 e. The number of nitrogens with zero attached hydrogens (tertiary/aromatic N) is 1. The van der Waals surface area contributed by atoms with Crippen molar-refractivity contribution in [3.63, 3.8) is 0 Å². The molecule has 0 aliphatic carbocycles. The summed E-state index contributed by atoms with van der Waals surface area (Å²) in [5.41, 5.74) is 3.46. The fourth-order valence-corrected chi connectivity index (χ4v) is 4.19. The van der Waals surface area contributed by atoms with Crippen molar-refractivity contribution in [2.75, 3.05) is 32.2 Å². The molecule has 170 valence electrons. The van der Waals surface area contributed by atoms with Gasteiger partial charge < -0.3 is 29.0 Å². The highest BCUT2D eigenvalue weighted by Gasteiger charge is 2.26. The number of aromatic amines is 1. The van der Waals surface area contributed by atoms with Gasteiger partial charge in [-0.2, -0.15) is 0 Å². The largest absolute Gasteiger partial charge is 0.496 e. The van der Waals surface area contributed by atoms with Crippen LogP contribution in [0.15, 0.2) is 16.7 Å². The SMILES string of the molecule is CCOC(=O)c1c(NC(=N)C2CCOCC2)[nH]c2cc(-c3c(C)noc3C)c(OC)cc12. The first-order valence-electron chi connectivity index (χ1n) is 10.7. The molecule has 1 aromatic carbocycles. The minimum atomic E-state index is -0.465. The number of H-pyrrole nitrogens is 1. The molecule has 1 fully saturated rings. The molecular weight excluding hydrogens is 412 g/mol. The number of aromatic nitrogens is 2. The van der Waals surface area contributed by atoms with Gasteiger partial charge in [-0.05, 0) is 45.7 Å². The van der Waals surface area contributed by atoms with Gasteiger partial charge in [-0.3, -0.25) is 5.41 Å². The van der Waals surface area contributed by atoms with Crippen LogP contribution in [0, 0.1) is 25.2 Å². The maximum absolute atomic E-state index is 12.9. The van der Waals surface area contributed by atoms with E-state index in [2.05, 4.69) is 15.5 Å². The van der Waals surface area contributed by atoms with E-state index in [0.717, 1.165) is 29.7 Å². The molecule has 0 amide bonds. The van der Waals surface area contributed by atoms with Gasteiger partial charge in [-0.1, -0.05) is 5.16 Å². The summed E-state index contributed by atoms with van der Waals surface area (Å²) in [6.07, 6.45) is 1.54. The second-order valence-corrected chi connectivity index (χ2v) is 7.82. The van der Waals surface area contributed by atoms with Gasteiger partial charge in [0, 0.05) is 35.6 Å². The number of amidine groups is 1. The number of rotatable bonds is 6. The molecule has 0 unspecified atom stereocenters. The zero-order valence-corrected chi connectivity index (χ0v) is 18.8. The summed E-state index contributed by atoms with van der Waals surface area (Å²) in [5.74, 6) is 1.64. The van der Waals surface area contributed by atoms with E-state index in [9.17, 15) is 4.79 Å². The van der Waals surface area contributed by atoms with E-state index in [0.29, 0.717) is 52.8 Å². The molecule has 9 nitrogen and oxygen atoms in total. The summed E-state index contributed by atoms with van der Waals surface area (Å²) in [4.78, 5) is 16.2. The van der Waals surface area contributed by atoms with Crippen LogP contribution in [0.5, 0.6) is 5.75 Å². The molecule has 3 heterocycles. The molecule has 32 heavy (non-hydrogen) atoms. The van der Waals surface area contributed by atoms with Gasteiger partial charge in [0.2, 0.25) is 0 Å². The van der Waals surface area contributed by atoms with Gasteiger partial charge in [0.05, 0.1) is 25.0 Å². The third kappa shape index (κ3) is 3.95. The number of fused-ring (bicyclic) bond motifs is 1. The summed E-state index contributed by atoms with van der Waals surface area (Å²) in [6, 6.07) is 3.72. The number of hydrogen-bond donors (Lipinski definition) is 3. The van der Waals surface area contributed by atoms with Gasteiger partial charge in [0.25, 0.3) is 0 Å². The summed E-state index contributed by atoms with van der Waals surface area (Å²) in [5, 5.41) is 16.4. The predicted molar refractivity (Wildman–Crippen MR) is 121 cm³/mol. The van der Waals surface area contributed by atoms with E-state index < -0.39 is 5.97 Å². The van der Waals surface area contributed by atoms with Crippen LogP contribution in [-0.4, -0.2) is 48.9 Å². The average molecular weight is 441 g/mol. The molecule has 0 bridgehead atoms. The zero-order valence-electron chi connectivity index (χ0n) is 18.8. The van der Waals surface area contributed by atoms with Crippen molar-refractivity contribution < 1.29 is 23.5 Å².